The minimum absolute atomic E-state index is 0.603. The summed E-state index contributed by atoms with van der Waals surface area (Å²) in [6, 6.07) is 12.5. The van der Waals surface area contributed by atoms with Gasteiger partial charge in [-0.3, -0.25) is 0 Å². The lowest BCUT2D eigenvalue weighted by molar-refractivity contribution is 0.779. The van der Waals surface area contributed by atoms with Crippen LogP contribution < -0.4 is 15.5 Å². The van der Waals surface area contributed by atoms with Crippen molar-refractivity contribution in [3.05, 3.63) is 53.7 Å². The van der Waals surface area contributed by atoms with Crippen molar-refractivity contribution in [2.45, 2.75) is 20.8 Å². The van der Waals surface area contributed by atoms with Gasteiger partial charge in [-0.1, -0.05) is 23.8 Å². The van der Waals surface area contributed by atoms with Gasteiger partial charge in [-0.2, -0.15) is 0 Å². The van der Waals surface area contributed by atoms with Crippen LogP contribution in [0.15, 0.2) is 42.6 Å². The number of thiocarbonyl (C=S) groups is 1. The van der Waals surface area contributed by atoms with Gasteiger partial charge in [0.25, 0.3) is 0 Å². The Morgan fingerprint density at radius 3 is 2.57 bits per heavy atom. The van der Waals surface area contributed by atoms with Gasteiger partial charge in [0.2, 0.25) is 0 Å². The number of nitrogens with zero attached hydrogens (tertiary/aromatic N) is 2. The van der Waals surface area contributed by atoms with Crippen molar-refractivity contribution in [2.75, 3.05) is 29.9 Å². The molecule has 122 valence electrons. The lowest BCUT2D eigenvalue weighted by Gasteiger charge is -2.24. The molecule has 0 aliphatic rings. The standard InChI is InChI=1S/C18H24N4S/c1-4-22(16-9-7-14(2)8-10-16)13-12-20-18(23)21-17-15(3)6-5-11-19-17/h5-11H,4,12-13H2,1-3H3,(H2,19,20,21,23). The van der Waals surface area contributed by atoms with Gasteiger partial charge in [0, 0.05) is 31.5 Å². The minimum atomic E-state index is 0.603. The highest BCUT2D eigenvalue weighted by Gasteiger charge is 2.05. The smallest absolute Gasteiger partial charge is 0.172 e. The predicted octanol–water partition coefficient (Wildman–Crippen LogP) is 3.51. The number of pyridine rings is 1. The number of hydrogen-bond donors (Lipinski definition) is 2. The van der Waals surface area contributed by atoms with E-state index in [-0.39, 0.29) is 0 Å². The Labute approximate surface area is 143 Å². The first-order valence-corrected chi connectivity index (χ1v) is 8.29. The number of nitrogens with one attached hydrogen (secondary N) is 2. The lowest BCUT2D eigenvalue weighted by atomic mass is 10.2. The number of anilines is 2. The second-order valence-corrected chi connectivity index (χ2v) is 5.87. The maximum atomic E-state index is 5.34. The fourth-order valence-electron chi connectivity index (χ4n) is 2.30. The molecular weight excluding hydrogens is 304 g/mol. The highest BCUT2D eigenvalue weighted by Crippen LogP contribution is 2.14. The molecule has 0 aliphatic heterocycles. The van der Waals surface area contributed by atoms with Crippen LogP contribution in [0.1, 0.15) is 18.1 Å². The number of rotatable bonds is 6. The van der Waals surface area contributed by atoms with Crippen molar-refractivity contribution in [1.82, 2.24) is 10.3 Å². The number of benzene rings is 1. The van der Waals surface area contributed by atoms with E-state index in [1.54, 1.807) is 6.20 Å². The quantitative estimate of drug-likeness (QED) is 0.794. The molecule has 0 spiro atoms. The number of likely N-dealkylation sites (N-methyl/N-ethyl adjacent to an activating group) is 1. The zero-order chi connectivity index (χ0) is 16.7. The van der Waals surface area contributed by atoms with Crippen LogP contribution in [-0.2, 0) is 0 Å². The van der Waals surface area contributed by atoms with E-state index < -0.39 is 0 Å². The van der Waals surface area contributed by atoms with E-state index in [2.05, 4.69) is 58.6 Å². The highest BCUT2D eigenvalue weighted by molar-refractivity contribution is 7.80. The zero-order valence-electron chi connectivity index (χ0n) is 14.0. The summed E-state index contributed by atoms with van der Waals surface area (Å²) in [4.78, 5) is 6.60. The Balaban J connectivity index is 1.82. The van der Waals surface area contributed by atoms with Crippen molar-refractivity contribution in [2.24, 2.45) is 0 Å². The van der Waals surface area contributed by atoms with Gasteiger partial charge in [0.15, 0.2) is 5.11 Å². The molecule has 0 atom stereocenters. The van der Waals surface area contributed by atoms with Crippen LogP contribution in [0.5, 0.6) is 0 Å². The molecule has 0 radical (unpaired) electrons. The van der Waals surface area contributed by atoms with Gasteiger partial charge in [0.05, 0.1) is 0 Å². The molecule has 2 rings (SSSR count). The van der Waals surface area contributed by atoms with E-state index in [9.17, 15) is 0 Å². The number of aromatic nitrogens is 1. The normalized spacial score (nSPS) is 10.2. The summed E-state index contributed by atoms with van der Waals surface area (Å²) in [7, 11) is 0. The molecule has 23 heavy (non-hydrogen) atoms. The van der Waals surface area contributed by atoms with Gasteiger partial charge >= 0.3 is 0 Å². The Bertz CT molecular complexity index is 640. The van der Waals surface area contributed by atoms with E-state index in [4.69, 9.17) is 12.2 Å². The van der Waals surface area contributed by atoms with E-state index >= 15 is 0 Å². The summed E-state index contributed by atoms with van der Waals surface area (Å²) in [5, 5.41) is 6.99. The van der Waals surface area contributed by atoms with Crippen LogP contribution in [0, 0.1) is 13.8 Å². The first kappa shape index (κ1) is 17.2. The Morgan fingerprint density at radius 2 is 1.91 bits per heavy atom. The van der Waals surface area contributed by atoms with Gasteiger partial charge in [0.1, 0.15) is 5.82 Å². The van der Waals surface area contributed by atoms with Crippen LogP contribution in [0.2, 0.25) is 0 Å². The first-order chi connectivity index (χ1) is 11.1. The van der Waals surface area contributed by atoms with Crippen molar-refractivity contribution in [3.8, 4) is 0 Å². The van der Waals surface area contributed by atoms with Crippen molar-refractivity contribution < 1.29 is 0 Å². The van der Waals surface area contributed by atoms with Crippen LogP contribution in [0.3, 0.4) is 0 Å². The van der Waals surface area contributed by atoms with Gasteiger partial charge < -0.3 is 15.5 Å². The summed E-state index contributed by atoms with van der Waals surface area (Å²) in [5.41, 5.74) is 3.59. The Hall–Kier alpha value is -2.14. The molecule has 4 nitrogen and oxygen atoms in total. The van der Waals surface area contributed by atoms with Crippen LogP contribution in [0.4, 0.5) is 11.5 Å². The van der Waals surface area contributed by atoms with E-state index in [1.165, 1.54) is 11.3 Å². The molecule has 0 bridgehead atoms. The maximum Gasteiger partial charge on any atom is 0.172 e. The van der Waals surface area contributed by atoms with Crippen molar-refractivity contribution >= 4 is 28.8 Å². The fourth-order valence-corrected chi connectivity index (χ4v) is 2.50. The maximum absolute atomic E-state index is 5.34. The molecule has 5 heteroatoms. The number of aryl methyl sites for hydroxylation is 2. The monoisotopic (exact) mass is 328 g/mol. The average molecular weight is 328 g/mol. The van der Waals surface area contributed by atoms with Crippen molar-refractivity contribution in [1.29, 1.82) is 0 Å². The summed E-state index contributed by atoms with van der Waals surface area (Å²) >= 11 is 5.34. The van der Waals surface area contributed by atoms with Gasteiger partial charge in [-0.05, 0) is 56.8 Å². The van der Waals surface area contributed by atoms with Crippen LogP contribution in [-0.4, -0.2) is 29.7 Å². The van der Waals surface area contributed by atoms with Gasteiger partial charge in [-0.15, -0.1) is 0 Å². The molecule has 0 aliphatic carbocycles. The molecular formula is C18H24N4S. The third-order valence-corrected chi connectivity index (χ3v) is 3.94. The first-order valence-electron chi connectivity index (χ1n) is 7.88. The summed E-state index contributed by atoms with van der Waals surface area (Å²) in [6.07, 6.45) is 1.76. The molecule has 0 unspecified atom stereocenters. The Morgan fingerprint density at radius 1 is 1.17 bits per heavy atom. The van der Waals surface area contributed by atoms with Crippen LogP contribution in [0.25, 0.3) is 0 Å². The SMILES string of the molecule is CCN(CCNC(=S)Nc1ncccc1C)c1ccc(C)cc1. The molecule has 1 heterocycles. The Kier molecular flexibility index (Phi) is 6.35. The number of hydrogen-bond acceptors (Lipinski definition) is 3. The minimum Gasteiger partial charge on any atom is -0.370 e. The second kappa shape index (κ2) is 8.48. The molecule has 0 fully saturated rings. The third-order valence-electron chi connectivity index (χ3n) is 3.69. The van der Waals surface area contributed by atoms with Crippen molar-refractivity contribution in [3.63, 3.8) is 0 Å². The summed E-state index contributed by atoms with van der Waals surface area (Å²) in [6.45, 7) is 8.90. The molecule has 2 N–H and O–H groups in total. The second-order valence-electron chi connectivity index (χ2n) is 5.47. The molecule has 1 aromatic carbocycles. The topological polar surface area (TPSA) is 40.2 Å². The van der Waals surface area contributed by atoms with Crippen LogP contribution >= 0.6 is 12.2 Å². The molecule has 0 saturated carbocycles. The average Bonchev–Trinajstić information content (AvgIpc) is 2.55. The third kappa shape index (κ3) is 5.21. The fraction of sp³-hybridized carbons (Fsp3) is 0.333. The molecule has 0 saturated heterocycles. The van der Waals surface area contributed by atoms with E-state index in [0.717, 1.165) is 31.0 Å². The summed E-state index contributed by atoms with van der Waals surface area (Å²) in [5.74, 6) is 0.802. The largest absolute Gasteiger partial charge is 0.370 e. The summed E-state index contributed by atoms with van der Waals surface area (Å²) < 4.78 is 0. The molecule has 1 aromatic heterocycles. The molecule has 0 amide bonds. The molecule has 2 aromatic rings. The predicted molar refractivity (Wildman–Crippen MR) is 102 cm³/mol. The van der Waals surface area contributed by atoms with E-state index in [0.29, 0.717) is 5.11 Å². The van der Waals surface area contributed by atoms with Gasteiger partial charge in [-0.25, -0.2) is 4.98 Å². The zero-order valence-corrected chi connectivity index (χ0v) is 14.8. The van der Waals surface area contributed by atoms with E-state index in [1.807, 2.05) is 19.1 Å². The lowest BCUT2D eigenvalue weighted by Crippen LogP contribution is -2.37. The highest BCUT2D eigenvalue weighted by atomic mass is 32.1.